The molecule has 0 atom stereocenters. The van der Waals surface area contributed by atoms with Crippen molar-refractivity contribution in [1.82, 2.24) is 14.5 Å². The average molecular weight is 685 g/mol. The first-order valence-electron chi connectivity index (χ1n) is 14.6. The Morgan fingerprint density at radius 3 is 2.29 bits per heavy atom. The van der Waals surface area contributed by atoms with E-state index in [2.05, 4.69) is 28.8 Å². The molecule has 0 fully saturated rings. The van der Waals surface area contributed by atoms with Gasteiger partial charge >= 0.3 is 0 Å². The van der Waals surface area contributed by atoms with Crippen molar-refractivity contribution in [3.05, 3.63) is 123 Å². The third kappa shape index (κ3) is 6.95. The van der Waals surface area contributed by atoms with Gasteiger partial charge in [-0.05, 0) is 47.9 Å². The van der Waals surface area contributed by atoms with Crippen molar-refractivity contribution in [3.63, 3.8) is 0 Å². The number of rotatable bonds is 12. The van der Waals surface area contributed by atoms with Gasteiger partial charge in [-0.25, -0.2) is 9.97 Å². The van der Waals surface area contributed by atoms with Gasteiger partial charge in [0.05, 0.1) is 48.1 Å². The quantitative estimate of drug-likeness (QED) is 0.131. The molecule has 1 amide bonds. The zero-order chi connectivity index (χ0) is 34.5. The van der Waals surface area contributed by atoms with E-state index in [-0.39, 0.29) is 57.5 Å². The van der Waals surface area contributed by atoms with E-state index in [0.717, 1.165) is 22.4 Å². The number of ketones is 1. The Hall–Kier alpha value is -5.45. The first-order valence-corrected chi connectivity index (χ1v) is 15.4. The molecule has 0 radical (unpaired) electrons. The third-order valence-electron chi connectivity index (χ3n) is 7.60. The molecular weight excluding hydrogens is 653 g/mol. The zero-order valence-electron chi connectivity index (χ0n) is 26.4. The molecule has 3 aromatic carbocycles. The summed E-state index contributed by atoms with van der Waals surface area (Å²) in [5.41, 5.74) is 4.18. The second kappa shape index (κ2) is 14.5. The number of ether oxygens (including phenoxy) is 2. The van der Waals surface area contributed by atoms with Gasteiger partial charge in [-0.3, -0.25) is 14.4 Å². The molecule has 5 aromatic rings. The van der Waals surface area contributed by atoms with Gasteiger partial charge in [0.15, 0.2) is 5.78 Å². The van der Waals surface area contributed by atoms with Gasteiger partial charge in [-0.15, -0.1) is 0 Å². The van der Waals surface area contributed by atoms with E-state index in [1.165, 1.54) is 38.6 Å². The number of carbonyl (C=O) groups is 2. The van der Waals surface area contributed by atoms with E-state index in [4.69, 9.17) is 37.7 Å². The molecule has 0 bridgehead atoms. The summed E-state index contributed by atoms with van der Waals surface area (Å²) in [4.78, 5) is 47.7. The Balaban J connectivity index is 1.69. The number of pyridine rings is 1. The predicted octanol–water partition coefficient (Wildman–Crippen LogP) is 7.30. The lowest BCUT2D eigenvalue weighted by molar-refractivity contribution is -0.114. The average Bonchev–Trinajstić information content (AvgIpc) is 3.08. The number of nitrogens with zero attached hydrogens (tertiary/aromatic N) is 3. The van der Waals surface area contributed by atoms with Crippen LogP contribution < -0.4 is 25.7 Å². The van der Waals surface area contributed by atoms with Gasteiger partial charge < -0.3 is 24.7 Å². The molecule has 0 saturated heterocycles. The van der Waals surface area contributed by atoms with Crippen LogP contribution in [0.15, 0.2) is 90.9 Å². The minimum Gasteiger partial charge on any atom is -0.495 e. The molecular formula is C36H31Cl2N5O5. The van der Waals surface area contributed by atoms with Crippen LogP contribution in [0.3, 0.4) is 0 Å². The lowest BCUT2D eigenvalue weighted by Crippen LogP contribution is -2.25. The number of aryl methyl sites for hydroxylation is 1. The van der Waals surface area contributed by atoms with Gasteiger partial charge in [-0.1, -0.05) is 66.7 Å². The van der Waals surface area contributed by atoms with Crippen molar-refractivity contribution in [1.29, 1.82) is 0 Å². The van der Waals surface area contributed by atoms with Crippen LogP contribution in [0, 0.1) is 6.92 Å². The molecule has 2 aromatic heterocycles. The number of halogens is 2. The summed E-state index contributed by atoms with van der Waals surface area (Å²) in [6.07, 6.45) is 4.17. The zero-order valence-corrected chi connectivity index (χ0v) is 27.9. The smallest absolute Gasteiger partial charge is 0.278 e. The van der Waals surface area contributed by atoms with Gasteiger partial charge in [0.2, 0.25) is 5.91 Å². The summed E-state index contributed by atoms with van der Waals surface area (Å²) in [6, 6.07) is 15.9. The summed E-state index contributed by atoms with van der Waals surface area (Å²) in [6.45, 7) is 9.10. The van der Waals surface area contributed by atoms with Gasteiger partial charge in [0.1, 0.15) is 28.5 Å². The van der Waals surface area contributed by atoms with Crippen LogP contribution in [0.1, 0.15) is 16.7 Å². The summed E-state index contributed by atoms with van der Waals surface area (Å²) >= 11 is 13.5. The summed E-state index contributed by atoms with van der Waals surface area (Å²) in [7, 11) is 2.88. The number of methoxy groups -OCH3 is 2. The topological polar surface area (TPSA) is 124 Å². The minimum atomic E-state index is -0.490. The number of aromatic nitrogens is 3. The largest absolute Gasteiger partial charge is 0.495 e. The maximum Gasteiger partial charge on any atom is 0.278 e. The Morgan fingerprint density at radius 1 is 0.979 bits per heavy atom. The molecule has 5 rings (SSSR count). The van der Waals surface area contributed by atoms with Crippen molar-refractivity contribution in [2.75, 3.05) is 24.9 Å². The Bertz CT molecular complexity index is 2120. The van der Waals surface area contributed by atoms with E-state index < -0.39 is 5.56 Å². The molecule has 0 saturated carbocycles. The molecule has 12 heteroatoms. The molecule has 10 nitrogen and oxygen atoms in total. The first-order chi connectivity index (χ1) is 23.1. The lowest BCUT2D eigenvalue weighted by Gasteiger charge is -2.18. The van der Waals surface area contributed by atoms with Crippen LogP contribution in [-0.4, -0.2) is 40.4 Å². The van der Waals surface area contributed by atoms with Crippen LogP contribution >= 0.6 is 23.2 Å². The van der Waals surface area contributed by atoms with Crippen LogP contribution in [0.4, 0.5) is 17.2 Å². The predicted molar refractivity (Wildman–Crippen MR) is 190 cm³/mol. The van der Waals surface area contributed by atoms with Crippen molar-refractivity contribution >= 4 is 63.1 Å². The van der Waals surface area contributed by atoms with Crippen molar-refractivity contribution in [2.45, 2.75) is 19.9 Å². The lowest BCUT2D eigenvalue weighted by atomic mass is 10.0. The standard InChI is InChI=1S/C36H31Cl2N5O5/c1-6-24(44)15-22-10-8-9-20(3)34(22)42-29-16-26-25(18-39-29)41-35(31-32(37)27(47-4)17-28(48-5)33(31)38)36(46)43(26)19-21-11-13-23(14-12-21)40-30(45)7-2/h6-14,16-18H,1-2,15,19H2,3-5H3,(H,39,42)(H,40,45). The van der Waals surface area contributed by atoms with Crippen LogP contribution in [0.25, 0.3) is 22.3 Å². The first kappa shape index (κ1) is 33.9. The Labute approximate surface area is 286 Å². The number of nitrogens with one attached hydrogen (secondary N) is 2. The van der Waals surface area contributed by atoms with Gasteiger partial charge in [0, 0.05) is 29.9 Å². The highest BCUT2D eigenvalue weighted by Crippen LogP contribution is 2.45. The van der Waals surface area contributed by atoms with Crippen molar-refractivity contribution in [3.8, 4) is 22.8 Å². The van der Waals surface area contributed by atoms with E-state index in [0.29, 0.717) is 22.5 Å². The molecule has 0 aliphatic heterocycles. The maximum absolute atomic E-state index is 14.4. The van der Waals surface area contributed by atoms with Crippen molar-refractivity contribution in [2.24, 2.45) is 0 Å². The maximum atomic E-state index is 14.4. The highest BCUT2D eigenvalue weighted by atomic mass is 35.5. The van der Waals surface area contributed by atoms with Crippen molar-refractivity contribution < 1.29 is 19.1 Å². The molecule has 0 aliphatic carbocycles. The van der Waals surface area contributed by atoms with E-state index >= 15 is 0 Å². The number of carbonyl (C=O) groups excluding carboxylic acids is 2. The molecule has 2 heterocycles. The molecule has 48 heavy (non-hydrogen) atoms. The van der Waals surface area contributed by atoms with E-state index in [1.807, 2.05) is 25.1 Å². The van der Waals surface area contributed by atoms with E-state index in [1.54, 1.807) is 34.9 Å². The highest BCUT2D eigenvalue weighted by Gasteiger charge is 2.24. The molecule has 244 valence electrons. The number of hydrogen-bond acceptors (Lipinski definition) is 8. The summed E-state index contributed by atoms with van der Waals surface area (Å²) in [5, 5.41) is 6.23. The number of fused-ring (bicyclic) bond motifs is 1. The fourth-order valence-corrected chi connectivity index (χ4v) is 5.82. The number of para-hydroxylation sites is 1. The Morgan fingerprint density at radius 2 is 1.67 bits per heavy atom. The van der Waals surface area contributed by atoms with Crippen LogP contribution in [-0.2, 0) is 22.6 Å². The van der Waals surface area contributed by atoms with Gasteiger partial charge in [0.25, 0.3) is 5.56 Å². The number of benzene rings is 3. The third-order valence-corrected chi connectivity index (χ3v) is 8.35. The molecule has 0 spiro atoms. The Kier molecular flexibility index (Phi) is 10.3. The monoisotopic (exact) mass is 683 g/mol. The second-order valence-corrected chi connectivity index (χ2v) is 11.4. The highest BCUT2D eigenvalue weighted by molar-refractivity contribution is 6.41. The molecule has 0 unspecified atom stereocenters. The van der Waals surface area contributed by atoms with Gasteiger partial charge in [-0.2, -0.15) is 0 Å². The number of amides is 1. The van der Waals surface area contributed by atoms with E-state index in [9.17, 15) is 14.4 Å². The number of hydrogen-bond donors (Lipinski definition) is 2. The minimum absolute atomic E-state index is 0.0313. The van der Waals surface area contributed by atoms with Crippen LogP contribution in [0.5, 0.6) is 11.5 Å². The fourth-order valence-electron chi connectivity index (χ4n) is 5.14. The SMILES string of the molecule is C=CC(=O)Cc1cccc(C)c1Nc1cc2c(cn1)nc(-c1c(Cl)c(OC)cc(OC)c1Cl)c(=O)n2Cc1ccc(NC(=O)C=C)cc1. The normalized spacial score (nSPS) is 10.8. The molecule has 2 N–H and O–H groups in total. The second-order valence-electron chi connectivity index (χ2n) is 10.7. The van der Waals surface area contributed by atoms with Crippen LogP contribution in [0.2, 0.25) is 10.0 Å². The molecule has 0 aliphatic rings. The summed E-state index contributed by atoms with van der Waals surface area (Å²) < 4.78 is 12.4. The number of allylic oxidation sites excluding steroid dienone is 1. The number of anilines is 3. The fraction of sp³-hybridized carbons (Fsp3) is 0.139. The summed E-state index contributed by atoms with van der Waals surface area (Å²) in [5.74, 6) is 0.458.